The summed E-state index contributed by atoms with van der Waals surface area (Å²) in [6.07, 6.45) is -3.14. The van der Waals surface area contributed by atoms with Crippen LogP contribution < -0.4 is 0 Å². The molecule has 1 rings (SSSR count). The molecule has 0 saturated carbocycles. The highest BCUT2D eigenvalue weighted by Crippen LogP contribution is 2.21. The van der Waals surface area contributed by atoms with Crippen molar-refractivity contribution in [1.29, 1.82) is 0 Å². The zero-order valence-electron chi connectivity index (χ0n) is 13.4. The van der Waals surface area contributed by atoms with Crippen molar-refractivity contribution < 1.29 is 32.2 Å². The molecule has 0 radical (unpaired) electrons. The molecular weight excluding hydrogens is 342 g/mol. The summed E-state index contributed by atoms with van der Waals surface area (Å²) in [5.74, 6) is -1.48. The number of aliphatic hydroxyl groups is 1. The van der Waals surface area contributed by atoms with Gasteiger partial charge in [0.2, 0.25) is 6.10 Å². The summed E-state index contributed by atoms with van der Waals surface area (Å²) in [4.78, 5) is 21.4. The number of ether oxygens (including phenoxy) is 1. The Balaban J connectivity index is 3.10. The van der Waals surface area contributed by atoms with Crippen molar-refractivity contribution in [1.82, 2.24) is 0 Å². The second kappa shape index (κ2) is 8.18. The standard InChI is InChI=1S/C14H19NO8S/c1-4-22-14(17)13(12(16)9(2)3)23-24(20,21)11-7-5-10(6-8-11)15(18)19/h5-9,12-13,16H,4H2,1-3H3/t12-,13-/m1/s1. The van der Waals surface area contributed by atoms with Gasteiger partial charge in [0.25, 0.3) is 15.8 Å². The van der Waals surface area contributed by atoms with Crippen LogP contribution in [0.1, 0.15) is 20.8 Å². The Labute approximate surface area is 139 Å². The molecular formula is C14H19NO8S. The van der Waals surface area contributed by atoms with E-state index in [9.17, 15) is 28.4 Å². The van der Waals surface area contributed by atoms with Crippen LogP contribution >= 0.6 is 0 Å². The molecule has 24 heavy (non-hydrogen) atoms. The minimum absolute atomic E-state index is 0.0128. The van der Waals surface area contributed by atoms with E-state index in [-0.39, 0.29) is 17.2 Å². The lowest BCUT2D eigenvalue weighted by molar-refractivity contribution is -0.384. The second-order valence-corrected chi connectivity index (χ2v) is 6.78. The summed E-state index contributed by atoms with van der Waals surface area (Å²) in [6.45, 7) is 4.68. The highest BCUT2D eigenvalue weighted by Gasteiger charge is 2.36. The zero-order valence-corrected chi connectivity index (χ0v) is 14.2. The van der Waals surface area contributed by atoms with Crippen LogP contribution in [-0.2, 0) is 23.8 Å². The highest BCUT2D eigenvalue weighted by molar-refractivity contribution is 7.86. The van der Waals surface area contributed by atoms with Crippen molar-refractivity contribution in [3.8, 4) is 0 Å². The van der Waals surface area contributed by atoms with Crippen LogP contribution in [0.25, 0.3) is 0 Å². The van der Waals surface area contributed by atoms with Gasteiger partial charge in [-0.25, -0.2) is 8.98 Å². The van der Waals surface area contributed by atoms with Crippen molar-refractivity contribution in [3.63, 3.8) is 0 Å². The molecule has 0 aliphatic heterocycles. The summed E-state index contributed by atoms with van der Waals surface area (Å²) < 4.78 is 34.1. The van der Waals surface area contributed by atoms with E-state index in [0.717, 1.165) is 24.3 Å². The molecule has 0 saturated heterocycles. The number of benzene rings is 1. The number of nitrogens with zero attached hydrogens (tertiary/aromatic N) is 1. The van der Waals surface area contributed by atoms with Gasteiger partial charge in [-0.2, -0.15) is 8.42 Å². The second-order valence-electron chi connectivity index (χ2n) is 5.21. The summed E-state index contributed by atoms with van der Waals surface area (Å²) in [7, 11) is -4.43. The molecule has 0 aliphatic rings. The van der Waals surface area contributed by atoms with E-state index in [1.165, 1.54) is 6.92 Å². The number of esters is 1. The Bertz CT molecular complexity index is 683. The normalized spacial score (nSPS) is 14.2. The lowest BCUT2D eigenvalue weighted by Crippen LogP contribution is -2.42. The summed E-state index contributed by atoms with van der Waals surface area (Å²) >= 11 is 0. The molecule has 0 aliphatic carbocycles. The van der Waals surface area contributed by atoms with Gasteiger partial charge in [0.05, 0.1) is 22.5 Å². The number of hydrogen-bond donors (Lipinski definition) is 1. The predicted octanol–water partition coefficient (Wildman–Crippen LogP) is 1.25. The minimum atomic E-state index is -4.43. The van der Waals surface area contributed by atoms with E-state index in [2.05, 4.69) is 0 Å². The monoisotopic (exact) mass is 361 g/mol. The van der Waals surface area contributed by atoms with Gasteiger partial charge in [-0.05, 0) is 25.0 Å². The van der Waals surface area contributed by atoms with E-state index in [4.69, 9.17) is 8.92 Å². The first-order valence-electron chi connectivity index (χ1n) is 7.12. The number of aliphatic hydroxyl groups excluding tert-OH is 1. The Hall–Kier alpha value is -2.04. The molecule has 0 bridgehead atoms. The lowest BCUT2D eigenvalue weighted by Gasteiger charge is -2.23. The fraction of sp³-hybridized carbons (Fsp3) is 0.500. The van der Waals surface area contributed by atoms with Crippen molar-refractivity contribution in [3.05, 3.63) is 34.4 Å². The molecule has 0 aromatic heterocycles. The fourth-order valence-electron chi connectivity index (χ4n) is 1.74. The van der Waals surface area contributed by atoms with Gasteiger partial charge in [-0.1, -0.05) is 13.8 Å². The SMILES string of the molecule is CCOC(=O)[C@H](OS(=O)(=O)c1ccc([N+](=O)[O-])cc1)[C@H](O)C(C)C. The molecule has 1 aromatic rings. The average Bonchev–Trinajstić information content (AvgIpc) is 2.52. The number of nitro benzene ring substituents is 1. The summed E-state index contributed by atoms with van der Waals surface area (Å²) in [6, 6.07) is 3.96. The summed E-state index contributed by atoms with van der Waals surface area (Å²) in [5, 5.41) is 20.6. The first-order chi connectivity index (χ1) is 11.1. The van der Waals surface area contributed by atoms with Crippen LogP contribution in [0.5, 0.6) is 0 Å². The van der Waals surface area contributed by atoms with Gasteiger partial charge >= 0.3 is 5.97 Å². The van der Waals surface area contributed by atoms with E-state index in [1.54, 1.807) is 13.8 Å². The topological polar surface area (TPSA) is 133 Å². The van der Waals surface area contributed by atoms with Crippen LogP contribution in [0.15, 0.2) is 29.2 Å². The maximum Gasteiger partial charge on any atom is 0.339 e. The average molecular weight is 361 g/mol. The van der Waals surface area contributed by atoms with Crippen LogP contribution in [0.2, 0.25) is 0 Å². The van der Waals surface area contributed by atoms with Gasteiger partial charge in [-0.3, -0.25) is 10.1 Å². The Kier molecular flexibility index (Phi) is 6.81. The lowest BCUT2D eigenvalue weighted by atomic mass is 10.0. The number of nitro groups is 1. The zero-order chi connectivity index (χ0) is 18.5. The molecule has 2 atom stereocenters. The third kappa shape index (κ3) is 4.98. The quantitative estimate of drug-likeness (QED) is 0.316. The van der Waals surface area contributed by atoms with E-state index < -0.39 is 39.1 Å². The predicted molar refractivity (Wildman–Crippen MR) is 82.6 cm³/mol. The van der Waals surface area contributed by atoms with E-state index >= 15 is 0 Å². The van der Waals surface area contributed by atoms with Gasteiger partial charge < -0.3 is 9.84 Å². The number of non-ortho nitro benzene ring substituents is 1. The molecule has 1 N–H and O–H groups in total. The van der Waals surface area contributed by atoms with Crippen LogP contribution in [0, 0.1) is 16.0 Å². The third-order valence-corrected chi connectivity index (χ3v) is 4.39. The van der Waals surface area contributed by atoms with Gasteiger partial charge in [0, 0.05) is 12.1 Å². The largest absolute Gasteiger partial charge is 0.464 e. The van der Waals surface area contributed by atoms with Crippen molar-refractivity contribution in [2.75, 3.05) is 6.61 Å². The number of rotatable bonds is 8. The Morgan fingerprint density at radius 3 is 2.25 bits per heavy atom. The van der Waals surface area contributed by atoms with E-state index in [1.807, 2.05) is 0 Å². The molecule has 0 amide bonds. The molecule has 10 heteroatoms. The number of carbonyl (C=O) groups excluding carboxylic acids is 1. The van der Waals surface area contributed by atoms with Crippen LogP contribution in [-0.4, -0.2) is 43.2 Å². The fourth-order valence-corrected chi connectivity index (χ4v) is 2.78. The van der Waals surface area contributed by atoms with Gasteiger partial charge in [0.1, 0.15) is 0 Å². The smallest absolute Gasteiger partial charge is 0.339 e. The van der Waals surface area contributed by atoms with Crippen LogP contribution in [0.4, 0.5) is 5.69 Å². The van der Waals surface area contributed by atoms with Crippen molar-refractivity contribution >= 4 is 21.8 Å². The van der Waals surface area contributed by atoms with Gasteiger partial charge in [0.15, 0.2) is 0 Å². The third-order valence-electron chi connectivity index (χ3n) is 3.08. The first-order valence-corrected chi connectivity index (χ1v) is 8.53. The molecule has 0 spiro atoms. The first kappa shape index (κ1) is 20.0. The maximum absolute atomic E-state index is 12.2. The molecule has 0 unspecified atom stereocenters. The maximum atomic E-state index is 12.2. The molecule has 9 nitrogen and oxygen atoms in total. The molecule has 0 heterocycles. The number of hydrogen-bond acceptors (Lipinski definition) is 8. The van der Waals surface area contributed by atoms with E-state index in [0.29, 0.717) is 0 Å². The number of carbonyl (C=O) groups is 1. The molecule has 0 fully saturated rings. The molecule has 1 aromatic carbocycles. The molecule has 134 valence electrons. The van der Waals surface area contributed by atoms with Crippen LogP contribution in [0.3, 0.4) is 0 Å². The minimum Gasteiger partial charge on any atom is -0.464 e. The van der Waals surface area contributed by atoms with Crippen molar-refractivity contribution in [2.24, 2.45) is 5.92 Å². The Morgan fingerprint density at radius 1 is 1.29 bits per heavy atom. The highest BCUT2D eigenvalue weighted by atomic mass is 32.2. The van der Waals surface area contributed by atoms with Crippen molar-refractivity contribution in [2.45, 2.75) is 37.9 Å². The van der Waals surface area contributed by atoms with Gasteiger partial charge in [-0.15, -0.1) is 0 Å². The summed E-state index contributed by atoms with van der Waals surface area (Å²) in [5.41, 5.74) is -0.293. The Morgan fingerprint density at radius 2 is 1.83 bits per heavy atom.